The molecule has 6 rings (SSSR count). The molecule has 39 heavy (non-hydrogen) atoms. The van der Waals surface area contributed by atoms with Crippen molar-refractivity contribution in [3.8, 4) is 0 Å². The van der Waals surface area contributed by atoms with Crippen LogP contribution in [0.5, 0.6) is 0 Å². The number of carbonyl (C=O) groups is 1. The molecule has 2 unspecified atom stereocenters. The Bertz CT molecular complexity index is 1420. The number of hydrogen-bond donors (Lipinski definition) is 4. The molecular formula is C29H38N8OS. The third-order valence-electron chi connectivity index (χ3n) is 7.19. The second-order valence-electron chi connectivity index (χ2n) is 10.5. The van der Waals surface area contributed by atoms with Crippen molar-refractivity contribution in [1.82, 2.24) is 35.4 Å². The first-order valence-corrected chi connectivity index (χ1v) is 14.5. The third kappa shape index (κ3) is 7.02. The number of rotatable bonds is 7. The van der Waals surface area contributed by atoms with Crippen molar-refractivity contribution in [3.05, 3.63) is 53.8 Å². The number of piperazine rings is 1. The number of likely N-dealkylation sites (N-methyl/N-ethyl adjacent to an activating group) is 1. The van der Waals surface area contributed by atoms with Crippen molar-refractivity contribution in [1.29, 1.82) is 0 Å². The lowest BCUT2D eigenvalue weighted by molar-refractivity contribution is -0.109. The molecule has 0 saturated carbocycles. The average molecular weight is 547 g/mol. The van der Waals surface area contributed by atoms with E-state index in [0.717, 1.165) is 80.0 Å². The molecule has 4 aromatic rings. The van der Waals surface area contributed by atoms with Gasteiger partial charge in [0.25, 0.3) is 0 Å². The Morgan fingerprint density at radius 3 is 2.77 bits per heavy atom. The summed E-state index contributed by atoms with van der Waals surface area (Å²) in [6, 6.07) is 11.6. The first-order valence-electron chi connectivity index (χ1n) is 13.6. The van der Waals surface area contributed by atoms with Crippen molar-refractivity contribution in [2.45, 2.75) is 32.4 Å². The average Bonchev–Trinajstić information content (AvgIpc) is 3.57. The molecule has 2 aliphatic rings. The molecule has 1 saturated heterocycles. The standard InChI is InChI=1S/C20H19N5S.C9H19N3O/c1-25-8-5-13(6-9-25)18-11-15-16(4-7-21-20(15)24-18)23-14-2-3-17-19(10-14)26-12-22-17;1-8-5-12(4-3-10-7-13)6-9(2)11-8/h2-5,7,10-12H,6,8-9H2,1H3,(H2,21,23,24);7-9,11H,3-6H2,1-2H3,(H,10,13). The van der Waals surface area contributed by atoms with Crippen LogP contribution in [0.15, 0.2) is 48.1 Å². The molecule has 0 bridgehead atoms. The van der Waals surface area contributed by atoms with E-state index in [1.807, 2.05) is 17.8 Å². The van der Waals surface area contributed by atoms with Crippen molar-refractivity contribution in [2.24, 2.45) is 0 Å². The summed E-state index contributed by atoms with van der Waals surface area (Å²) in [5, 5.41) is 10.8. The second kappa shape index (κ2) is 12.7. The topological polar surface area (TPSA) is 101 Å². The van der Waals surface area contributed by atoms with Gasteiger partial charge in [0.15, 0.2) is 0 Å². The molecule has 1 aromatic carbocycles. The zero-order valence-electron chi connectivity index (χ0n) is 22.9. The second-order valence-corrected chi connectivity index (χ2v) is 11.4. The number of aromatic amines is 1. The molecule has 10 heteroatoms. The van der Waals surface area contributed by atoms with Gasteiger partial charge in [-0.25, -0.2) is 9.97 Å². The number of anilines is 2. The summed E-state index contributed by atoms with van der Waals surface area (Å²) < 4.78 is 1.19. The Kier molecular flexibility index (Phi) is 8.88. The van der Waals surface area contributed by atoms with E-state index < -0.39 is 0 Å². The Balaban J connectivity index is 0.000000201. The molecule has 0 radical (unpaired) electrons. The third-order valence-corrected chi connectivity index (χ3v) is 7.98. The molecular weight excluding hydrogens is 508 g/mol. The fourth-order valence-corrected chi connectivity index (χ4v) is 6.03. The van der Waals surface area contributed by atoms with E-state index in [1.165, 1.54) is 16.0 Å². The number of nitrogens with one attached hydrogen (secondary N) is 4. The zero-order chi connectivity index (χ0) is 27.2. The van der Waals surface area contributed by atoms with Crippen molar-refractivity contribution in [2.75, 3.05) is 51.6 Å². The highest BCUT2D eigenvalue weighted by molar-refractivity contribution is 7.16. The van der Waals surface area contributed by atoms with Gasteiger partial charge in [-0.3, -0.25) is 9.69 Å². The summed E-state index contributed by atoms with van der Waals surface area (Å²) in [5.74, 6) is 0. The first kappa shape index (κ1) is 27.3. The van der Waals surface area contributed by atoms with Crippen LogP contribution in [0.3, 0.4) is 0 Å². The summed E-state index contributed by atoms with van der Waals surface area (Å²) in [6.07, 6.45) is 5.97. The largest absolute Gasteiger partial charge is 0.357 e. The number of fused-ring (bicyclic) bond motifs is 2. The summed E-state index contributed by atoms with van der Waals surface area (Å²) in [7, 11) is 2.15. The summed E-state index contributed by atoms with van der Waals surface area (Å²) >= 11 is 1.66. The molecule has 4 N–H and O–H groups in total. The maximum Gasteiger partial charge on any atom is 0.207 e. The predicted octanol–water partition coefficient (Wildman–Crippen LogP) is 4.05. The van der Waals surface area contributed by atoms with Crippen LogP contribution in [0.2, 0.25) is 0 Å². The summed E-state index contributed by atoms with van der Waals surface area (Å²) in [4.78, 5) is 27.1. The maximum absolute atomic E-state index is 10.0. The van der Waals surface area contributed by atoms with Gasteiger partial charge in [0, 0.05) is 74.3 Å². The van der Waals surface area contributed by atoms with Crippen LogP contribution in [0.1, 0.15) is 26.0 Å². The Morgan fingerprint density at radius 2 is 2.00 bits per heavy atom. The van der Waals surface area contributed by atoms with E-state index in [9.17, 15) is 4.79 Å². The highest BCUT2D eigenvalue weighted by atomic mass is 32.1. The molecule has 2 aliphatic heterocycles. The molecule has 1 amide bonds. The quantitative estimate of drug-likeness (QED) is 0.205. The lowest BCUT2D eigenvalue weighted by Gasteiger charge is -2.35. The molecule has 2 atom stereocenters. The van der Waals surface area contributed by atoms with E-state index in [2.05, 4.69) is 91.9 Å². The highest BCUT2D eigenvalue weighted by Gasteiger charge is 2.20. The van der Waals surface area contributed by atoms with Gasteiger partial charge in [-0.15, -0.1) is 11.3 Å². The summed E-state index contributed by atoms with van der Waals surface area (Å²) in [5.41, 5.74) is 8.52. The number of amides is 1. The normalized spacial score (nSPS) is 20.3. The van der Waals surface area contributed by atoms with E-state index in [0.29, 0.717) is 12.1 Å². The predicted molar refractivity (Wildman–Crippen MR) is 162 cm³/mol. The number of benzene rings is 1. The van der Waals surface area contributed by atoms with Crippen LogP contribution >= 0.6 is 11.3 Å². The molecule has 5 heterocycles. The van der Waals surface area contributed by atoms with Crippen molar-refractivity contribution in [3.63, 3.8) is 0 Å². The molecule has 3 aromatic heterocycles. The van der Waals surface area contributed by atoms with Gasteiger partial charge < -0.3 is 25.8 Å². The van der Waals surface area contributed by atoms with Crippen LogP contribution in [0.25, 0.3) is 26.8 Å². The fourth-order valence-electron chi connectivity index (χ4n) is 5.32. The fraction of sp³-hybridized carbons (Fsp3) is 0.414. The summed E-state index contributed by atoms with van der Waals surface area (Å²) in [6.45, 7) is 10.3. The number of nitrogens with zero attached hydrogens (tertiary/aromatic N) is 4. The van der Waals surface area contributed by atoms with E-state index >= 15 is 0 Å². The van der Waals surface area contributed by atoms with Crippen LogP contribution in [-0.4, -0.2) is 89.6 Å². The molecule has 9 nitrogen and oxygen atoms in total. The maximum atomic E-state index is 10.0. The number of aromatic nitrogens is 3. The smallest absolute Gasteiger partial charge is 0.207 e. The van der Waals surface area contributed by atoms with Crippen LogP contribution in [0.4, 0.5) is 11.4 Å². The Labute approximate surface area is 233 Å². The zero-order valence-corrected chi connectivity index (χ0v) is 23.7. The minimum Gasteiger partial charge on any atom is -0.357 e. The SMILES string of the molecule is CC1CN(CCNC=O)CC(C)N1.CN1CC=C(c2cc3c(Nc4ccc5ncsc5c4)ccnc3[nH]2)CC1. The number of H-pyrrole nitrogens is 1. The number of hydrogen-bond acceptors (Lipinski definition) is 8. The van der Waals surface area contributed by atoms with Crippen molar-refractivity contribution >= 4 is 55.9 Å². The van der Waals surface area contributed by atoms with Gasteiger partial charge in [-0.05, 0) is 63.2 Å². The van der Waals surface area contributed by atoms with E-state index in [4.69, 9.17) is 0 Å². The van der Waals surface area contributed by atoms with Gasteiger partial charge in [0.05, 0.1) is 21.4 Å². The lowest BCUT2D eigenvalue weighted by Crippen LogP contribution is -2.55. The van der Waals surface area contributed by atoms with Gasteiger partial charge in [-0.2, -0.15) is 0 Å². The molecule has 0 spiro atoms. The van der Waals surface area contributed by atoms with Crippen molar-refractivity contribution < 1.29 is 4.79 Å². The van der Waals surface area contributed by atoms with Crippen LogP contribution < -0.4 is 16.0 Å². The van der Waals surface area contributed by atoms with Gasteiger partial charge in [0.1, 0.15) is 5.65 Å². The number of thiazole rings is 1. The molecule has 0 aliphatic carbocycles. The van der Waals surface area contributed by atoms with Gasteiger partial charge >= 0.3 is 0 Å². The van der Waals surface area contributed by atoms with E-state index in [1.54, 1.807) is 11.3 Å². The van der Waals surface area contributed by atoms with E-state index in [-0.39, 0.29) is 0 Å². The number of carbonyl (C=O) groups excluding carboxylic acids is 1. The molecule has 206 valence electrons. The minimum absolute atomic E-state index is 0.556. The minimum atomic E-state index is 0.556. The van der Waals surface area contributed by atoms with Crippen LogP contribution in [-0.2, 0) is 4.79 Å². The number of pyridine rings is 1. The monoisotopic (exact) mass is 546 g/mol. The Morgan fingerprint density at radius 1 is 1.15 bits per heavy atom. The van der Waals surface area contributed by atoms with Gasteiger partial charge in [-0.1, -0.05) is 6.08 Å². The highest BCUT2D eigenvalue weighted by Crippen LogP contribution is 2.31. The lowest BCUT2D eigenvalue weighted by atomic mass is 10.1. The van der Waals surface area contributed by atoms with Crippen LogP contribution in [0, 0.1) is 0 Å². The molecule has 1 fully saturated rings. The first-order chi connectivity index (χ1) is 19.0. The van der Waals surface area contributed by atoms with Gasteiger partial charge in [0.2, 0.25) is 6.41 Å². The Hall–Kier alpha value is -3.31.